The molecular formula is C13H22N4O. The fraction of sp³-hybridized carbons (Fsp3) is 0.538. The Bertz CT molecular complexity index is 379. The lowest BCUT2D eigenvalue weighted by atomic mass is 10.3. The SMILES string of the molecule is CCCNC(N)=NCc1cccnc1OCCC. The van der Waals surface area contributed by atoms with E-state index < -0.39 is 0 Å². The third kappa shape index (κ3) is 5.03. The predicted octanol–water partition coefficient (Wildman–Crippen LogP) is 1.68. The Morgan fingerprint density at radius 3 is 3.00 bits per heavy atom. The smallest absolute Gasteiger partial charge is 0.218 e. The second-order valence-electron chi connectivity index (χ2n) is 3.94. The maximum absolute atomic E-state index is 5.74. The van der Waals surface area contributed by atoms with Crippen molar-refractivity contribution in [1.82, 2.24) is 10.3 Å². The summed E-state index contributed by atoms with van der Waals surface area (Å²) in [6.07, 6.45) is 3.70. The first-order chi connectivity index (χ1) is 8.77. The molecule has 18 heavy (non-hydrogen) atoms. The number of nitrogens with zero attached hydrogens (tertiary/aromatic N) is 2. The van der Waals surface area contributed by atoms with Crippen LogP contribution in [-0.4, -0.2) is 24.1 Å². The lowest BCUT2D eigenvalue weighted by molar-refractivity contribution is 0.302. The summed E-state index contributed by atoms with van der Waals surface area (Å²) in [5.74, 6) is 1.11. The topological polar surface area (TPSA) is 72.5 Å². The van der Waals surface area contributed by atoms with Gasteiger partial charge < -0.3 is 15.8 Å². The molecule has 0 aliphatic heterocycles. The number of pyridine rings is 1. The molecule has 0 saturated heterocycles. The van der Waals surface area contributed by atoms with Crippen LogP contribution < -0.4 is 15.8 Å². The van der Waals surface area contributed by atoms with Gasteiger partial charge in [-0.15, -0.1) is 0 Å². The highest BCUT2D eigenvalue weighted by Gasteiger charge is 2.03. The summed E-state index contributed by atoms with van der Waals surface area (Å²) in [5, 5.41) is 3.03. The van der Waals surface area contributed by atoms with Crippen LogP contribution in [0.3, 0.4) is 0 Å². The summed E-state index contributed by atoms with van der Waals surface area (Å²) in [6, 6.07) is 3.83. The van der Waals surface area contributed by atoms with Gasteiger partial charge in [0.05, 0.1) is 13.2 Å². The van der Waals surface area contributed by atoms with E-state index in [2.05, 4.69) is 29.1 Å². The number of nitrogens with two attached hydrogens (primary N) is 1. The average Bonchev–Trinajstić information content (AvgIpc) is 2.41. The van der Waals surface area contributed by atoms with Crippen molar-refractivity contribution in [2.45, 2.75) is 33.2 Å². The zero-order valence-corrected chi connectivity index (χ0v) is 11.1. The molecule has 0 unspecified atom stereocenters. The number of ether oxygens (including phenoxy) is 1. The van der Waals surface area contributed by atoms with Crippen LogP contribution in [0.4, 0.5) is 0 Å². The summed E-state index contributed by atoms with van der Waals surface area (Å²) in [4.78, 5) is 8.47. The summed E-state index contributed by atoms with van der Waals surface area (Å²) >= 11 is 0. The monoisotopic (exact) mass is 250 g/mol. The standard InChI is InChI=1S/C13H22N4O/c1-3-7-16-13(14)17-10-11-6-5-8-15-12(11)18-9-4-2/h5-6,8H,3-4,7,9-10H2,1-2H3,(H3,14,16,17). The fourth-order valence-corrected chi connectivity index (χ4v) is 1.35. The van der Waals surface area contributed by atoms with Crippen LogP contribution in [-0.2, 0) is 6.54 Å². The van der Waals surface area contributed by atoms with E-state index >= 15 is 0 Å². The first-order valence-corrected chi connectivity index (χ1v) is 6.38. The van der Waals surface area contributed by atoms with Gasteiger partial charge in [-0.05, 0) is 18.9 Å². The van der Waals surface area contributed by atoms with Gasteiger partial charge in [-0.3, -0.25) is 0 Å². The molecule has 0 aromatic carbocycles. The summed E-state index contributed by atoms with van der Waals surface area (Å²) < 4.78 is 5.56. The van der Waals surface area contributed by atoms with Gasteiger partial charge in [-0.1, -0.05) is 19.9 Å². The van der Waals surface area contributed by atoms with Crippen molar-refractivity contribution in [2.75, 3.05) is 13.2 Å². The molecular weight excluding hydrogens is 228 g/mol. The summed E-state index contributed by atoms with van der Waals surface area (Å²) in [5.41, 5.74) is 6.69. The number of rotatable bonds is 7. The van der Waals surface area contributed by atoms with Crippen molar-refractivity contribution >= 4 is 5.96 Å². The molecule has 1 aromatic rings. The van der Waals surface area contributed by atoms with E-state index in [1.807, 2.05) is 12.1 Å². The molecule has 100 valence electrons. The lowest BCUT2D eigenvalue weighted by Crippen LogP contribution is -2.32. The first kappa shape index (κ1) is 14.3. The number of hydrogen-bond donors (Lipinski definition) is 2. The molecule has 0 amide bonds. The Hall–Kier alpha value is -1.78. The van der Waals surface area contributed by atoms with Gasteiger partial charge in [-0.25, -0.2) is 9.98 Å². The van der Waals surface area contributed by atoms with Gasteiger partial charge >= 0.3 is 0 Å². The molecule has 0 aliphatic rings. The van der Waals surface area contributed by atoms with Crippen molar-refractivity contribution in [1.29, 1.82) is 0 Å². The molecule has 0 fully saturated rings. The molecule has 0 bridgehead atoms. The van der Waals surface area contributed by atoms with Crippen molar-refractivity contribution in [3.05, 3.63) is 23.9 Å². The van der Waals surface area contributed by atoms with Crippen LogP contribution in [0.1, 0.15) is 32.3 Å². The predicted molar refractivity (Wildman–Crippen MR) is 73.6 cm³/mol. The summed E-state index contributed by atoms with van der Waals surface area (Å²) in [7, 11) is 0. The number of hydrogen-bond acceptors (Lipinski definition) is 3. The Morgan fingerprint density at radius 1 is 1.44 bits per heavy atom. The number of nitrogens with one attached hydrogen (secondary N) is 1. The van der Waals surface area contributed by atoms with Gasteiger partial charge in [-0.2, -0.15) is 0 Å². The van der Waals surface area contributed by atoms with Gasteiger partial charge in [0.15, 0.2) is 5.96 Å². The van der Waals surface area contributed by atoms with Crippen molar-refractivity contribution in [3.63, 3.8) is 0 Å². The molecule has 0 spiro atoms. The van der Waals surface area contributed by atoms with E-state index in [0.29, 0.717) is 25.0 Å². The third-order valence-corrected chi connectivity index (χ3v) is 2.27. The van der Waals surface area contributed by atoms with Crippen molar-refractivity contribution in [3.8, 4) is 5.88 Å². The zero-order chi connectivity index (χ0) is 13.2. The molecule has 5 heteroatoms. The Balaban J connectivity index is 2.60. The number of aromatic nitrogens is 1. The van der Waals surface area contributed by atoms with Crippen LogP contribution in [0.5, 0.6) is 5.88 Å². The van der Waals surface area contributed by atoms with E-state index in [1.54, 1.807) is 6.20 Å². The second-order valence-corrected chi connectivity index (χ2v) is 3.94. The molecule has 5 nitrogen and oxygen atoms in total. The molecule has 0 atom stereocenters. The maximum Gasteiger partial charge on any atom is 0.218 e. The highest BCUT2D eigenvalue weighted by molar-refractivity contribution is 5.77. The molecule has 3 N–H and O–H groups in total. The van der Waals surface area contributed by atoms with E-state index in [4.69, 9.17) is 10.5 Å². The molecule has 1 rings (SSSR count). The van der Waals surface area contributed by atoms with Crippen LogP contribution in [0.2, 0.25) is 0 Å². The zero-order valence-electron chi connectivity index (χ0n) is 11.1. The molecule has 0 aliphatic carbocycles. The second kappa shape index (κ2) is 8.33. The molecule has 0 saturated carbocycles. The largest absolute Gasteiger partial charge is 0.477 e. The highest BCUT2D eigenvalue weighted by atomic mass is 16.5. The Morgan fingerprint density at radius 2 is 2.28 bits per heavy atom. The molecule has 1 aromatic heterocycles. The van der Waals surface area contributed by atoms with E-state index in [1.165, 1.54) is 0 Å². The minimum atomic E-state index is 0.460. The normalized spacial score (nSPS) is 11.3. The van der Waals surface area contributed by atoms with Crippen LogP contribution >= 0.6 is 0 Å². The van der Waals surface area contributed by atoms with Crippen molar-refractivity contribution in [2.24, 2.45) is 10.7 Å². The van der Waals surface area contributed by atoms with Crippen molar-refractivity contribution < 1.29 is 4.74 Å². The Kier molecular flexibility index (Phi) is 6.61. The average molecular weight is 250 g/mol. The van der Waals surface area contributed by atoms with Crippen LogP contribution in [0.15, 0.2) is 23.3 Å². The quantitative estimate of drug-likeness (QED) is 0.570. The van der Waals surface area contributed by atoms with Gasteiger partial charge in [0.25, 0.3) is 0 Å². The van der Waals surface area contributed by atoms with E-state index in [0.717, 1.165) is 24.9 Å². The van der Waals surface area contributed by atoms with Crippen LogP contribution in [0, 0.1) is 0 Å². The van der Waals surface area contributed by atoms with E-state index in [9.17, 15) is 0 Å². The van der Waals surface area contributed by atoms with Gasteiger partial charge in [0, 0.05) is 18.3 Å². The molecule has 0 radical (unpaired) electrons. The molecule has 1 heterocycles. The number of guanidine groups is 1. The number of aliphatic imine (C=N–C) groups is 1. The first-order valence-electron chi connectivity index (χ1n) is 6.38. The van der Waals surface area contributed by atoms with Crippen LogP contribution in [0.25, 0.3) is 0 Å². The fourth-order valence-electron chi connectivity index (χ4n) is 1.35. The Labute approximate surface area is 108 Å². The third-order valence-electron chi connectivity index (χ3n) is 2.27. The lowest BCUT2D eigenvalue weighted by Gasteiger charge is -2.08. The van der Waals surface area contributed by atoms with Gasteiger partial charge in [0.2, 0.25) is 5.88 Å². The maximum atomic E-state index is 5.74. The van der Waals surface area contributed by atoms with Gasteiger partial charge in [0.1, 0.15) is 0 Å². The highest BCUT2D eigenvalue weighted by Crippen LogP contribution is 2.15. The minimum Gasteiger partial charge on any atom is -0.477 e. The summed E-state index contributed by atoms with van der Waals surface area (Å²) in [6.45, 7) is 6.12. The minimum absolute atomic E-state index is 0.460. The van der Waals surface area contributed by atoms with E-state index in [-0.39, 0.29) is 0 Å².